The van der Waals surface area contributed by atoms with Crippen LogP contribution in [0.5, 0.6) is 5.75 Å². The van der Waals surface area contributed by atoms with E-state index in [4.69, 9.17) is 4.74 Å². The van der Waals surface area contributed by atoms with E-state index in [2.05, 4.69) is 90.9 Å². The summed E-state index contributed by atoms with van der Waals surface area (Å²) in [5.74, 6) is 1.81. The summed E-state index contributed by atoms with van der Waals surface area (Å²) < 4.78 is 6.13. The van der Waals surface area contributed by atoms with Crippen molar-refractivity contribution in [3.63, 3.8) is 0 Å². The van der Waals surface area contributed by atoms with Gasteiger partial charge in [0, 0.05) is 25.2 Å². The van der Waals surface area contributed by atoms with Crippen LogP contribution in [0.4, 0.5) is 11.4 Å². The third kappa shape index (κ3) is 3.86. The van der Waals surface area contributed by atoms with Crippen LogP contribution < -0.4 is 15.0 Å². The largest absolute Gasteiger partial charge is 0.439 e. The molecule has 0 fully saturated rings. The predicted octanol–water partition coefficient (Wildman–Crippen LogP) is 5.99. The van der Waals surface area contributed by atoms with Crippen LogP contribution >= 0.6 is 0 Å². The summed E-state index contributed by atoms with van der Waals surface area (Å²) in [5.41, 5.74) is 4.87. The minimum absolute atomic E-state index is 0.0765. The minimum Gasteiger partial charge on any atom is -0.439 e. The van der Waals surface area contributed by atoms with Gasteiger partial charge in [-0.2, -0.15) is 0 Å². The summed E-state index contributed by atoms with van der Waals surface area (Å²) in [4.78, 5) is 2.13. The lowest BCUT2D eigenvalue weighted by Crippen LogP contribution is -2.26. The van der Waals surface area contributed by atoms with Gasteiger partial charge < -0.3 is 15.0 Å². The van der Waals surface area contributed by atoms with Crippen molar-refractivity contribution in [1.29, 1.82) is 0 Å². The van der Waals surface area contributed by atoms with Crippen molar-refractivity contribution in [2.75, 3.05) is 24.3 Å². The monoisotopic (exact) mass is 384 g/mol. The summed E-state index contributed by atoms with van der Waals surface area (Å²) in [6, 6.07) is 27.5. The first-order valence-electron chi connectivity index (χ1n) is 10.1. The van der Waals surface area contributed by atoms with Gasteiger partial charge in [0.15, 0.2) is 11.6 Å². The smallest absolute Gasteiger partial charge is 0.196 e. The molecule has 0 amide bonds. The van der Waals surface area contributed by atoms with Crippen LogP contribution in [0.25, 0.3) is 0 Å². The Morgan fingerprint density at radius 1 is 0.931 bits per heavy atom. The molecular formula is C26H28N2O. The Hall–Kier alpha value is -3.20. The maximum Gasteiger partial charge on any atom is 0.196 e. The van der Waals surface area contributed by atoms with Crippen molar-refractivity contribution >= 4 is 11.4 Å². The molecular weight excluding hydrogens is 356 g/mol. The third-order valence-electron chi connectivity index (χ3n) is 5.78. The molecule has 3 aromatic rings. The van der Waals surface area contributed by atoms with Gasteiger partial charge in [-0.05, 0) is 48.2 Å². The molecule has 0 aliphatic carbocycles. The lowest BCUT2D eigenvalue weighted by atomic mass is 9.74. The molecule has 1 atom stereocenters. The zero-order chi connectivity index (χ0) is 20.3. The molecule has 148 valence electrons. The molecule has 3 aromatic carbocycles. The molecule has 3 heteroatoms. The van der Waals surface area contributed by atoms with Gasteiger partial charge in [-0.1, -0.05) is 67.6 Å². The summed E-state index contributed by atoms with van der Waals surface area (Å²) in [6.07, 6.45) is 4.05. The summed E-state index contributed by atoms with van der Waals surface area (Å²) in [5, 5.41) is 3.38. The summed E-state index contributed by atoms with van der Waals surface area (Å²) in [6.45, 7) is 2.34. The van der Waals surface area contributed by atoms with Crippen LogP contribution in [0.15, 0.2) is 90.8 Å². The van der Waals surface area contributed by atoms with Crippen molar-refractivity contribution in [1.82, 2.24) is 0 Å². The van der Waals surface area contributed by atoms with Crippen LogP contribution in [0.2, 0.25) is 0 Å². The predicted molar refractivity (Wildman–Crippen MR) is 122 cm³/mol. The van der Waals surface area contributed by atoms with E-state index in [9.17, 15) is 0 Å². The zero-order valence-electron chi connectivity index (χ0n) is 17.4. The first-order valence-corrected chi connectivity index (χ1v) is 10.1. The molecule has 1 unspecified atom stereocenters. The first-order chi connectivity index (χ1) is 14.1. The molecule has 0 spiro atoms. The highest BCUT2D eigenvalue weighted by molar-refractivity contribution is 5.65. The Morgan fingerprint density at radius 3 is 2.38 bits per heavy atom. The van der Waals surface area contributed by atoms with Crippen molar-refractivity contribution in [3.8, 4) is 5.75 Å². The van der Waals surface area contributed by atoms with Crippen molar-refractivity contribution in [2.24, 2.45) is 0 Å². The number of ether oxygens (including phenoxy) is 1. The molecule has 1 aliphatic rings. The maximum atomic E-state index is 6.13. The number of nitrogens with zero attached hydrogens (tertiary/aromatic N) is 1. The second-order valence-electron chi connectivity index (χ2n) is 7.89. The highest BCUT2D eigenvalue weighted by atomic mass is 16.5. The van der Waals surface area contributed by atoms with Crippen LogP contribution in [0, 0.1) is 0 Å². The Balaban J connectivity index is 1.68. The highest BCUT2D eigenvalue weighted by Gasteiger charge is 2.30. The molecule has 0 aromatic heterocycles. The number of allylic oxidation sites excluding steroid dienone is 1. The van der Waals surface area contributed by atoms with E-state index in [1.807, 2.05) is 25.2 Å². The average molecular weight is 385 g/mol. The fourth-order valence-electron chi connectivity index (χ4n) is 4.16. The minimum atomic E-state index is -0.0765. The molecule has 0 saturated heterocycles. The molecule has 1 aliphatic heterocycles. The summed E-state index contributed by atoms with van der Waals surface area (Å²) >= 11 is 0. The van der Waals surface area contributed by atoms with Gasteiger partial charge in [-0.25, -0.2) is 0 Å². The second-order valence-corrected chi connectivity index (χ2v) is 7.89. The molecule has 1 N–H and O–H groups in total. The second kappa shape index (κ2) is 8.04. The molecule has 29 heavy (non-hydrogen) atoms. The van der Waals surface area contributed by atoms with E-state index in [0.717, 1.165) is 30.2 Å². The van der Waals surface area contributed by atoms with Gasteiger partial charge in [0.05, 0.1) is 5.69 Å². The Labute approximate surface area is 173 Å². The molecule has 1 heterocycles. The number of fused-ring (bicyclic) bond motifs is 1. The van der Waals surface area contributed by atoms with E-state index < -0.39 is 0 Å². The summed E-state index contributed by atoms with van der Waals surface area (Å²) in [7, 11) is 4.05. The third-order valence-corrected chi connectivity index (χ3v) is 5.78. The Kier molecular flexibility index (Phi) is 5.30. The van der Waals surface area contributed by atoms with Gasteiger partial charge >= 0.3 is 0 Å². The van der Waals surface area contributed by atoms with E-state index in [1.165, 1.54) is 16.8 Å². The standard InChI is InChI=1S/C26H28N2O/c1-26(19-20-11-5-4-6-12-20,21-13-7-8-14-22(21)27-2)18-17-25-28(3)23-15-9-10-16-24(23)29-25/h4-17,27H,18-19H2,1-3H3. The number of anilines is 2. The van der Waals surface area contributed by atoms with Crippen molar-refractivity contribution in [3.05, 3.63) is 102 Å². The van der Waals surface area contributed by atoms with Gasteiger partial charge in [-0.3, -0.25) is 0 Å². The zero-order valence-corrected chi connectivity index (χ0v) is 17.4. The number of para-hydroxylation sites is 3. The molecule has 0 saturated carbocycles. The van der Waals surface area contributed by atoms with Crippen LogP contribution in [0.1, 0.15) is 24.5 Å². The fourth-order valence-corrected chi connectivity index (χ4v) is 4.16. The number of benzene rings is 3. The first kappa shape index (κ1) is 19.1. The number of nitrogens with one attached hydrogen (secondary N) is 1. The average Bonchev–Trinajstić information content (AvgIpc) is 3.09. The van der Waals surface area contributed by atoms with Gasteiger partial charge in [-0.15, -0.1) is 0 Å². The molecule has 4 rings (SSSR count). The molecule has 3 nitrogen and oxygen atoms in total. The topological polar surface area (TPSA) is 24.5 Å². The fraction of sp³-hybridized carbons (Fsp3) is 0.231. The normalized spacial score (nSPS) is 16.2. The maximum absolute atomic E-state index is 6.13. The van der Waals surface area contributed by atoms with Crippen LogP contribution in [-0.4, -0.2) is 14.1 Å². The highest BCUT2D eigenvalue weighted by Crippen LogP contribution is 2.40. The number of hydrogen-bond acceptors (Lipinski definition) is 3. The Morgan fingerprint density at radius 2 is 1.62 bits per heavy atom. The van der Waals surface area contributed by atoms with Crippen molar-refractivity contribution in [2.45, 2.75) is 25.2 Å². The van der Waals surface area contributed by atoms with Gasteiger partial charge in [0.25, 0.3) is 0 Å². The van der Waals surface area contributed by atoms with E-state index in [1.54, 1.807) is 0 Å². The number of hydrogen-bond donors (Lipinski definition) is 1. The lowest BCUT2D eigenvalue weighted by molar-refractivity contribution is 0.424. The van der Waals surface area contributed by atoms with Gasteiger partial charge in [0.1, 0.15) is 0 Å². The van der Waals surface area contributed by atoms with Crippen molar-refractivity contribution < 1.29 is 4.74 Å². The Bertz CT molecular complexity index is 1010. The van der Waals surface area contributed by atoms with E-state index in [0.29, 0.717) is 0 Å². The van der Waals surface area contributed by atoms with Crippen LogP contribution in [-0.2, 0) is 11.8 Å². The molecule has 0 radical (unpaired) electrons. The quantitative estimate of drug-likeness (QED) is 0.565. The molecule has 0 bridgehead atoms. The van der Waals surface area contributed by atoms with E-state index >= 15 is 0 Å². The SMILES string of the molecule is CNc1ccccc1C(C)(CC=C1Oc2ccccc2N1C)Cc1ccccc1. The van der Waals surface area contributed by atoms with Gasteiger partial charge in [0.2, 0.25) is 0 Å². The lowest BCUT2D eigenvalue weighted by Gasteiger charge is -2.32. The van der Waals surface area contributed by atoms with Crippen LogP contribution in [0.3, 0.4) is 0 Å². The number of rotatable bonds is 6. The van der Waals surface area contributed by atoms with E-state index in [-0.39, 0.29) is 5.41 Å².